The first-order valence-corrected chi connectivity index (χ1v) is 7.10. The SMILES string of the molecule is CNCC1CCCN1Cc1cccc2cccnc12.Cl. The highest BCUT2D eigenvalue weighted by Crippen LogP contribution is 2.23. The molecule has 0 radical (unpaired) electrons. The molecule has 2 heterocycles. The molecule has 1 N–H and O–H groups in total. The Morgan fingerprint density at radius 1 is 1.30 bits per heavy atom. The molecule has 0 amide bonds. The average Bonchev–Trinajstić information content (AvgIpc) is 2.87. The second-order valence-corrected chi connectivity index (χ2v) is 5.32. The Labute approximate surface area is 126 Å². The number of rotatable bonds is 4. The van der Waals surface area contributed by atoms with Gasteiger partial charge in [-0.15, -0.1) is 12.4 Å². The molecule has 1 aromatic carbocycles. The van der Waals surface area contributed by atoms with Gasteiger partial charge in [-0.3, -0.25) is 9.88 Å². The molecule has 1 aromatic heterocycles. The molecular formula is C16H22ClN3. The molecule has 3 rings (SSSR count). The topological polar surface area (TPSA) is 28.2 Å². The van der Waals surface area contributed by atoms with Crippen LogP contribution in [0.25, 0.3) is 10.9 Å². The minimum Gasteiger partial charge on any atom is -0.318 e. The maximum Gasteiger partial charge on any atom is 0.0746 e. The van der Waals surface area contributed by atoms with Gasteiger partial charge in [0.15, 0.2) is 0 Å². The molecule has 1 fully saturated rings. The van der Waals surface area contributed by atoms with Gasteiger partial charge in [0.2, 0.25) is 0 Å². The second kappa shape index (κ2) is 7.02. The number of pyridine rings is 1. The molecule has 0 saturated carbocycles. The Bertz CT molecular complexity index is 553. The number of fused-ring (bicyclic) bond motifs is 1. The summed E-state index contributed by atoms with van der Waals surface area (Å²) in [5, 5.41) is 4.55. The lowest BCUT2D eigenvalue weighted by molar-refractivity contribution is 0.243. The van der Waals surface area contributed by atoms with E-state index in [2.05, 4.69) is 39.5 Å². The summed E-state index contributed by atoms with van der Waals surface area (Å²) in [4.78, 5) is 7.14. The van der Waals surface area contributed by atoms with E-state index in [4.69, 9.17) is 0 Å². The van der Waals surface area contributed by atoms with E-state index in [1.807, 2.05) is 19.3 Å². The van der Waals surface area contributed by atoms with E-state index in [-0.39, 0.29) is 12.4 Å². The van der Waals surface area contributed by atoms with E-state index in [1.165, 1.54) is 30.3 Å². The lowest BCUT2D eigenvalue weighted by Crippen LogP contribution is -2.36. The third kappa shape index (κ3) is 3.11. The zero-order valence-corrected chi connectivity index (χ0v) is 12.7. The predicted octanol–water partition coefficient (Wildman–Crippen LogP) is 2.84. The van der Waals surface area contributed by atoms with Crippen LogP contribution >= 0.6 is 12.4 Å². The summed E-state index contributed by atoms with van der Waals surface area (Å²) >= 11 is 0. The van der Waals surface area contributed by atoms with E-state index in [9.17, 15) is 0 Å². The van der Waals surface area contributed by atoms with E-state index in [1.54, 1.807) is 0 Å². The smallest absolute Gasteiger partial charge is 0.0746 e. The molecule has 1 aliphatic heterocycles. The van der Waals surface area contributed by atoms with Crippen molar-refractivity contribution in [3.05, 3.63) is 42.1 Å². The van der Waals surface area contributed by atoms with Crippen molar-refractivity contribution in [3.8, 4) is 0 Å². The Hall–Kier alpha value is -1.16. The number of halogens is 1. The molecule has 108 valence electrons. The highest BCUT2D eigenvalue weighted by Gasteiger charge is 2.24. The number of hydrogen-bond acceptors (Lipinski definition) is 3. The first-order valence-electron chi connectivity index (χ1n) is 7.10. The fourth-order valence-electron chi connectivity index (χ4n) is 3.08. The molecule has 2 aromatic rings. The molecule has 1 saturated heterocycles. The fourth-order valence-corrected chi connectivity index (χ4v) is 3.08. The van der Waals surface area contributed by atoms with Gasteiger partial charge in [0.05, 0.1) is 5.52 Å². The van der Waals surface area contributed by atoms with Crippen LogP contribution in [0.5, 0.6) is 0 Å². The van der Waals surface area contributed by atoms with Gasteiger partial charge < -0.3 is 5.32 Å². The first-order chi connectivity index (χ1) is 9.38. The number of aromatic nitrogens is 1. The van der Waals surface area contributed by atoms with Crippen LogP contribution in [0.15, 0.2) is 36.5 Å². The summed E-state index contributed by atoms with van der Waals surface area (Å²) in [6, 6.07) is 11.3. The van der Waals surface area contributed by atoms with Crippen LogP contribution in [0, 0.1) is 0 Å². The number of likely N-dealkylation sites (tertiary alicyclic amines) is 1. The molecule has 1 atom stereocenters. The summed E-state index contributed by atoms with van der Waals surface area (Å²) in [5.74, 6) is 0. The number of nitrogens with one attached hydrogen (secondary N) is 1. The molecule has 0 spiro atoms. The van der Waals surface area contributed by atoms with E-state index >= 15 is 0 Å². The van der Waals surface area contributed by atoms with Crippen LogP contribution in [0.2, 0.25) is 0 Å². The highest BCUT2D eigenvalue weighted by molar-refractivity contribution is 5.85. The molecule has 1 unspecified atom stereocenters. The Balaban J connectivity index is 0.00000147. The van der Waals surface area contributed by atoms with Crippen LogP contribution in [0.4, 0.5) is 0 Å². The summed E-state index contributed by atoms with van der Waals surface area (Å²) in [7, 11) is 2.04. The van der Waals surface area contributed by atoms with Gasteiger partial charge in [0, 0.05) is 30.7 Å². The van der Waals surface area contributed by atoms with Gasteiger partial charge in [-0.1, -0.05) is 24.3 Å². The quantitative estimate of drug-likeness (QED) is 0.939. The summed E-state index contributed by atoms with van der Waals surface area (Å²) in [6.07, 6.45) is 4.50. The summed E-state index contributed by atoms with van der Waals surface area (Å²) in [5.41, 5.74) is 2.50. The third-order valence-corrected chi connectivity index (χ3v) is 4.03. The van der Waals surface area contributed by atoms with Gasteiger partial charge in [0.25, 0.3) is 0 Å². The Kier molecular flexibility index (Phi) is 5.35. The lowest BCUT2D eigenvalue weighted by Gasteiger charge is -2.24. The van der Waals surface area contributed by atoms with Crippen molar-refractivity contribution in [1.82, 2.24) is 15.2 Å². The minimum absolute atomic E-state index is 0. The van der Waals surface area contributed by atoms with Crippen LogP contribution in [-0.2, 0) is 6.54 Å². The van der Waals surface area contributed by atoms with Crippen molar-refractivity contribution in [3.63, 3.8) is 0 Å². The maximum atomic E-state index is 4.55. The normalized spacial score (nSPS) is 19.1. The van der Waals surface area contributed by atoms with Crippen molar-refractivity contribution >= 4 is 23.3 Å². The Morgan fingerprint density at radius 3 is 3.00 bits per heavy atom. The summed E-state index contributed by atoms with van der Waals surface area (Å²) in [6.45, 7) is 3.30. The zero-order valence-electron chi connectivity index (χ0n) is 11.9. The fraction of sp³-hybridized carbons (Fsp3) is 0.438. The highest BCUT2D eigenvalue weighted by atomic mass is 35.5. The van der Waals surface area contributed by atoms with Gasteiger partial charge in [-0.25, -0.2) is 0 Å². The molecule has 1 aliphatic rings. The number of nitrogens with zero attached hydrogens (tertiary/aromatic N) is 2. The van der Waals surface area contributed by atoms with Crippen molar-refractivity contribution in [2.24, 2.45) is 0 Å². The van der Waals surface area contributed by atoms with Crippen LogP contribution in [0.1, 0.15) is 18.4 Å². The average molecular weight is 292 g/mol. The largest absolute Gasteiger partial charge is 0.318 e. The number of benzene rings is 1. The number of likely N-dealkylation sites (N-methyl/N-ethyl adjacent to an activating group) is 1. The predicted molar refractivity (Wildman–Crippen MR) is 86.3 cm³/mol. The van der Waals surface area contributed by atoms with Gasteiger partial charge >= 0.3 is 0 Å². The number of para-hydroxylation sites is 1. The van der Waals surface area contributed by atoms with Crippen molar-refractivity contribution in [2.75, 3.05) is 20.1 Å². The van der Waals surface area contributed by atoms with Crippen LogP contribution in [0.3, 0.4) is 0 Å². The van der Waals surface area contributed by atoms with E-state index in [0.717, 1.165) is 18.6 Å². The molecule has 20 heavy (non-hydrogen) atoms. The monoisotopic (exact) mass is 291 g/mol. The molecule has 4 heteroatoms. The van der Waals surface area contributed by atoms with Gasteiger partial charge in [-0.05, 0) is 38.1 Å². The van der Waals surface area contributed by atoms with Crippen LogP contribution < -0.4 is 5.32 Å². The third-order valence-electron chi connectivity index (χ3n) is 4.03. The lowest BCUT2D eigenvalue weighted by atomic mass is 10.1. The maximum absolute atomic E-state index is 4.55. The molecule has 0 aliphatic carbocycles. The molecule has 0 bridgehead atoms. The molecular weight excluding hydrogens is 270 g/mol. The van der Waals surface area contributed by atoms with Crippen molar-refractivity contribution in [1.29, 1.82) is 0 Å². The van der Waals surface area contributed by atoms with Gasteiger partial charge in [-0.2, -0.15) is 0 Å². The van der Waals surface area contributed by atoms with Crippen molar-refractivity contribution < 1.29 is 0 Å². The number of hydrogen-bond donors (Lipinski definition) is 1. The van der Waals surface area contributed by atoms with Gasteiger partial charge in [0.1, 0.15) is 0 Å². The van der Waals surface area contributed by atoms with Crippen LogP contribution in [-0.4, -0.2) is 36.1 Å². The second-order valence-electron chi connectivity index (χ2n) is 5.32. The van der Waals surface area contributed by atoms with E-state index < -0.39 is 0 Å². The molecule has 3 nitrogen and oxygen atoms in total. The standard InChI is InChI=1S/C16H21N3.ClH/c1-17-11-15-8-4-10-19(15)12-14-6-2-5-13-7-3-9-18-16(13)14;/h2-3,5-7,9,15,17H,4,8,10-12H2,1H3;1H. The zero-order chi connectivity index (χ0) is 13.1. The Morgan fingerprint density at radius 2 is 2.15 bits per heavy atom. The minimum atomic E-state index is 0. The first kappa shape index (κ1) is 15.2. The van der Waals surface area contributed by atoms with E-state index in [0.29, 0.717) is 6.04 Å². The van der Waals surface area contributed by atoms with Crippen molar-refractivity contribution in [2.45, 2.75) is 25.4 Å². The summed E-state index contributed by atoms with van der Waals surface area (Å²) < 4.78 is 0.